The molecule has 1 amide bonds. The topological polar surface area (TPSA) is 57.8 Å². The number of nitrogens with zero attached hydrogens (tertiary/aromatic N) is 1. The van der Waals surface area contributed by atoms with E-state index in [4.69, 9.17) is 0 Å². The van der Waals surface area contributed by atoms with Gasteiger partial charge in [0.2, 0.25) is 0 Å². The molecule has 2 aliphatic carbocycles. The van der Waals surface area contributed by atoms with Gasteiger partial charge in [0.1, 0.15) is 0 Å². The number of carbonyl (C=O) groups is 1. The number of rotatable bonds is 4. The SMILES string of the molecule is O=C(Nc1ccccc1C1CC1C1CC1)c1cn[nH]c1. The molecule has 4 heteroatoms. The summed E-state index contributed by atoms with van der Waals surface area (Å²) in [4.78, 5) is 12.1. The van der Waals surface area contributed by atoms with Gasteiger partial charge in [0.15, 0.2) is 0 Å². The van der Waals surface area contributed by atoms with Crippen LogP contribution in [0.4, 0.5) is 5.69 Å². The fourth-order valence-electron chi connectivity index (χ4n) is 3.12. The predicted molar refractivity (Wildman–Crippen MR) is 76.6 cm³/mol. The Morgan fingerprint density at radius 2 is 2.15 bits per heavy atom. The Hall–Kier alpha value is -2.10. The van der Waals surface area contributed by atoms with Crippen molar-refractivity contribution in [3.63, 3.8) is 0 Å². The molecule has 0 saturated heterocycles. The van der Waals surface area contributed by atoms with Gasteiger partial charge in [-0.15, -0.1) is 0 Å². The number of aromatic nitrogens is 2. The van der Waals surface area contributed by atoms with Gasteiger partial charge in [-0.25, -0.2) is 0 Å². The summed E-state index contributed by atoms with van der Waals surface area (Å²) in [7, 11) is 0. The summed E-state index contributed by atoms with van der Waals surface area (Å²) < 4.78 is 0. The van der Waals surface area contributed by atoms with Crippen LogP contribution in [0.5, 0.6) is 0 Å². The lowest BCUT2D eigenvalue weighted by Gasteiger charge is -2.10. The number of hydrogen-bond acceptors (Lipinski definition) is 2. The quantitative estimate of drug-likeness (QED) is 0.893. The summed E-state index contributed by atoms with van der Waals surface area (Å²) in [6, 6.07) is 8.18. The first kappa shape index (κ1) is 11.7. The van der Waals surface area contributed by atoms with Crippen molar-refractivity contribution in [2.24, 2.45) is 11.8 Å². The Balaban J connectivity index is 1.54. The molecule has 102 valence electrons. The lowest BCUT2D eigenvalue weighted by atomic mass is 10.0. The number of anilines is 1. The molecule has 0 aliphatic heterocycles. The van der Waals surface area contributed by atoms with E-state index in [0.717, 1.165) is 17.5 Å². The number of H-pyrrole nitrogens is 1. The minimum Gasteiger partial charge on any atom is -0.322 e. The molecule has 20 heavy (non-hydrogen) atoms. The maximum absolute atomic E-state index is 12.1. The van der Waals surface area contributed by atoms with Crippen LogP contribution in [0, 0.1) is 11.8 Å². The van der Waals surface area contributed by atoms with Gasteiger partial charge in [-0.2, -0.15) is 5.10 Å². The van der Waals surface area contributed by atoms with E-state index >= 15 is 0 Å². The van der Waals surface area contributed by atoms with E-state index < -0.39 is 0 Å². The molecule has 2 fully saturated rings. The van der Waals surface area contributed by atoms with Gasteiger partial charge in [0, 0.05) is 11.9 Å². The first-order chi connectivity index (χ1) is 9.83. The van der Waals surface area contributed by atoms with Gasteiger partial charge in [0.05, 0.1) is 11.8 Å². The van der Waals surface area contributed by atoms with Crippen molar-refractivity contribution in [2.75, 3.05) is 5.32 Å². The molecule has 0 spiro atoms. The molecule has 0 radical (unpaired) electrons. The summed E-state index contributed by atoms with van der Waals surface area (Å²) in [6.07, 6.45) is 7.23. The zero-order chi connectivity index (χ0) is 13.5. The number of benzene rings is 1. The maximum atomic E-state index is 12.1. The zero-order valence-corrected chi connectivity index (χ0v) is 11.2. The largest absolute Gasteiger partial charge is 0.322 e. The zero-order valence-electron chi connectivity index (χ0n) is 11.2. The third-order valence-electron chi connectivity index (χ3n) is 4.44. The van der Waals surface area contributed by atoms with E-state index in [1.165, 1.54) is 24.8 Å². The summed E-state index contributed by atoms with van der Waals surface area (Å²) >= 11 is 0. The van der Waals surface area contributed by atoms with Gasteiger partial charge in [-0.1, -0.05) is 18.2 Å². The molecule has 2 saturated carbocycles. The second-order valence-electron chi connectivity index (χ2n) is 5.87. The Bertz CT molecular complexity index is 631. The van der Waals surface area contributed by atoms with Crippen molar-refractivity contribution in [2.45, 2.75) is 25.2 Å². The van der Waals surface area contributed by atoms with Crippen molar-refractivity contribution in [3.8, 4) is 0 Å². The first-order valence-electron chi connectivity index (χ1n) is 7.22. The normalized spacial score (nSPS) is 24.4. The van der Waals surface area contributed by atoms with Crippen molar-refractivity contribution >= 4 is 11.6 Å². The van der Waals surface area contributed by atoms with Crippen LogP contribution in [0.2, 0.25) is 0 Å². The van der Waals surface area contributed by atoms with Gasteiger partial charge >= 0.3 is 0 Å². The van der Waals surface area contributed by atoms with E-state index in [9.17, 15) is 4.79 Å². The number of carbonyl (C=O) groups excluding carboxylic acids is 1. The van der Waals surface area contributed by atoms with Crippen LogP contribution in [-0.2, 0) is 0 Å². The summed E-state index contributed by atoms with van der Waals surface area (Å²) in [5, 5.41) is 9.49. The van der Waals surface area contributed by atoms with E-state index in [1.54, 1.807) is 12.4 Å². The van der Waals surface area contributed by atoms with E-state index in [1.807, 2.05) is 12.1 Å². The number of amides is 1. The van der Waals surface area contributed by atoms with E-state index in [0.29, 0.717) is 11.5 Å². The second kappa shape index (κ2) is 4.47. The van der Waals surface area contributed by atoms with E-state index in [2.05, 4.69) is 27.6 Å². The number of nitrogens with one attached hydrogen (secondary N) is 2. The molecule has 2 aromatic rings. The highest BCUT2D eigenvalue weighted by Gasteiger charge is 2.48. The van der Waals surface area contributed by atoms with Crippen LogP contribution in [0.1, 0.15) is 41.1 Å². The molecule has 2 atom stereocenters. The van der Waals surface area contributed by atoms with Crippen LogP contribution in [0.3, 0.4) is 0 Å². The lowest BCUT2D eigenvalue weighted by molar-refractivity contribution is 0.102. The van der Waals surface area contributed by atoms with Gasteiger partial charge in [-0.05, 0) is 48.6 Å². The smallest absolute Gasteiger partial charge is 0.258 e. The minimum atomic E-state index is -0.102. The van der Waals surface area contributed by atoms with Gasteiger partial charge < -0.3 is 5.32 Å². The molecular formula is C16H17N3O. The molecular weight excluding hydrogens is 250 g/mol. The van der Waals surface area contributed by atoms with Crippen molar-refractivity contribution < 1.29 is 4.79 Å². The third kappa shape index (κ3) is 2.11. The summed E-state index contributed by atoms with van der Waals surface area (Å²) in [5.41, 5.74) is 2.81. The molecule has 1 aromatic carbocycles. The summed E-state index contributed by atoms with van der Waals surface area (Å²) in [5.74, 6) is 2.33. The lowest BCUT2D eigenvalue weighted by Crippen LogP contribution is -2.12. The van der Waals surface area contributed by atoms with Crippen LogP contribution in [0.25, 0.3) is 0 Å². The molecule has 1 heterocycles. The molecule has 2 unspecified atom stereocenters. The van der Waals surface area contributed by atoms with Crippen molar-refractivity contribution in [1.29, 1.82) is 0 Å². The summed E-state index contributed by atoms with van der Waals surface area (Å²) in [6.45, 7) is 0. The average molecular weight is 267 g/mol. The predicted octanol–water partition coefficient (Wildman–Crippen LogP) is 3.18. The maximum Gasteiger partial charge on any atom is 0.258 e. The van der Waals surface area contributed by atoms with Crippen LogP contribution in [-0.4, -0.2) is 16.1 Å². The number of aromatic amines is 1. The highest BCUT2D eigenvalue weighted by molar-refractivity contribution is 6.04. The number of para-hydroxylation sites is 1. The van der Waals surface area contributed by atoms with Crippen LogP contribution in [0.15, 0.2) is 36.7 Å². The Labute approximate surface area is 117 Å². The van der Waals surface area contributed by atoms with Crippen LogP contribution < -0.4 is 5.32 Å². The molecule has 4 rings (SSSR count). The molecule has 1 aromatic heterocycles. The minimum absolute atomic E-state index is 0.102. The molecule has 4 nitrogen and oxygen atoms in total. The standard InChI is InChI=1S/C16H17N3O/c20-16(11-8-17-18-9-11)19-15-4-2-1-3-12(15)14-7-13(14)10-5-6-10/h1-4,8-10,13-14H,5-7H2,(H,17,18)(H,19,20). The van der Waals surface area contributed by atoms with Gasteiger partial charge in [-0.3, -0.25) is 9.89 Å². The highest BCUT2D eigenvalue weighted by Crippen LogP contribution is 2.60. The molecule has 0 bridgehead atoms. The Kier molecular flexibility index (Phi) is 2.62. The van der Waals surface area contributed by atoms with E-state index in [-0.39, 0.29) is 5.91 Å². The Morgan fingerprint density at radius 3 is 2.90 bits per heavy atom. The van der Waals surface area contributed by atoms with Crippen molar-refractivity contribution in [3.05, 3.63) is 47.8 Å². The van der Waals surface area contributed by atoms with Gasteiger partial charge in [0.25, 0.3) is 5.91 Å². The fourth-order valence-corrected chi connectivity index (χ4v) is 3.12. The number of hydrogen-bond donors (Lipinski definition) is 2. The molecule has 2 aliphatic rings. The molecule has 2 N–H and O–H groups in total. The van der Waals surface area contributed by atoms with Crippen LogP contribution >= 0.6 is 0 Å². The fraction of sp³-hybridized carbons (Fsp3) is 0.375. The van der Waals surface area contributed by atoms with Crippen molar-refractivity contribution in [1.82, 2.24) is 10.2 Å². The monoisotopic (exact) mass is 267 g/mol. The highest BCUT2D eigenvalue weighted by atomic mass is 16.1. The third-order valence-corrected chi connectivity index (χ3v) is 4.44. The Morgan fingerprint density at radius 1 is 1.30 bits per heavy atom. The first-order valence-corrected chi connectivity index (χ1v) is 7.22. The average Bonchev–Trinajstić information content (AvgIpc) is 3.36. The second-order valence-corrected chi connectivity index (χ2v) is 5.87.